The maximum atomic E-state index is 12.2. The maximum absolute atomic E-state index is 12.2. The first-order valence-corrected chi connectivity index (χ1v) is 7.36. The van der Waals surface area contributed by atoms with Crippen LogP contribution in [-0.4, -0.2) is 42.1 Å². The van der Waals surface area contributed by atoms with Gasteiger partial charge in [-0.15, -0.1) is 0 Å². The number of nitrogens with zero attached hydrogens (tertiary/aromatic N) is 2. The summed E-state index contributed by atoms with van der Waals surface area (Å²) in [6.07, 6.45) is 6.38. The normalized spacial score (nSPS) is 13.3. The van der Waals surface area contributed by atoms with Crippen LogP contribution in [0.5, 0.6) is 5.75 Å². The summed E-state index contributed by atoms with van der Waals surface area (Å²) in [6.45, 7) is 0.865. The summed E-state index contributed by atoms with van der Waals surface area (Å²) >= 11 is 5.98. The molecule has 1 aromatic carbocycles. The minimum absolute atomic E-state index is 0.134. The van der Waals surface area contributed by atoms with Gasteiger partial charge in [0.25, 0.3) is 0 Å². The summed E-state index contributed by atoms with van der Waals surface area (Å²) in [5.74, 6) is 0.542. The summed E-state index contributed by atoms with van der Waals surface area (Å²) in [4.78, 5) is 17.6. The average molecular weight is 324 g/mol. The van der Waals surface area contributed by atoms with Crippen molar-refractivity contribution in [2.75, 3.05) is 25.2 Å². The summed E-state index contributed by atoms with van der Waals surface area (Å²) < 4.78 is 5.63. The van der Waals surface area contributed by atoms with Crippen molar-refractivity contribution in [2.24, 2.45) is 4.99 Å². The molecular weight excluding hydrogens is 306 g/mol. The Kier molecular flexibility index (Phi) is 6.24. The number of carbonyl (C=O) groups is 1. The highest BCUT2D eigenvalue weighted by molar-refractivity contribution is 6.31. The van der Waals surface area contributed by atoms with Crippen molar-refractivity contribution in [2.45, 2.75) is 12.8 Å². The predicted octanol–water partition coefficient (Wildman–Crippen LogP) is 2.88. The van der Waals surface area contributed by atoms with Crippen LogP contribution in [0.2, 0.25) is 5.02 Å². The molecule has 118 valence electrons. The fourth-order valence-electron chi connectivity index (χ4n) is 1.83. The zero-order valence-electron chi connectivity index (χ0n) is 12.0. The molecule has 0 saturated carbocycles. The van der Waals surface area contributed by atoms with Gasteiger partial charge in [0.2, 0.25) is 0 Å². The first kappa shape index (κ1) is 16.3. The standard InChI is InChI=1S/C15H18ClN3O3/c16-12-4-5-14(22-9-2-1-8-20)13(10-12)18-15(21)19-7-3-6-17-11-19/h3-7,10,20H,1-2,8-9,11H2,(H,18,21). The van der Waals surface area contributed by atoms with Gasteiger partial charge in [-0.1, -0.05) is 11.6 Å². The number of hydrogen-bond donors (Lipinski definition) is 2. The number of ether oxygens (including phenoxy) is 1. The van der Waals surface area contributed by atoms with Crippen molar-refractivity contribution >= 4 is 29.5 Å². The third-order valence-corrected chi connectivity index (χ3v) is 3.18. The van der Waals surface area contributed by atoms with E-state index in [4.69, 9.17) is 21.4 Å². The second kappa shape index (κ2) is 8.41. The highest BCUT2D eigenvalue weighted by atomic mass is 35.5. The van der Waals surface area contributed by atoms with Gasteiger partial charge in [-0.05, 0) is 37.1 Å². The summed E-state index contributed by atoms with van der Waals surface area (Å²) in [5.41, 5.74) is 0.504. The molecule has 6 nitrogen and oxygen atoms in total. The molecule has 0 unspecified atom stereocenters. The molecule has 2 amide bonds. The number of aliphatic hydroxyl groups is 1. The summed E-state index contributed by atoms with van der Waals surface area (Å²) in [6, 6.07) is 4.73. The van der Waals surface area contributed by atoms with Crippen LogP contribution in [0, 0.1) is 0 Å². The first-order valence-electron chi connectivity index (χ1n) is 6.98. The monoisotopic (exact) mass is 323 g/mol. The number of anilines is 1. The lowest BCUT2D eigenvalue weighted by Gasteiger charge is -2.20. The fraction of sp³-hybridized carbons (Fsp3) is 0.333. The topological polar surface area (TPSA) is 74.2 Å². The largest absolute Gasteiger partial charge is 0.491 e. The molecule has 2 rings (SSSR count). The van der Waals surface area contributed by atoms with E-state index in [-0.39, 0.29) is 19.3 Å². The molecule has 0 atom stereocenters. The lowest BCUT2D eigenvalue weighted by Crippen LogP contribution is -2.32. The Morgan fingerprint density at radius 2 is 2.32 bits per heavy atom. The number of nitrogens with one attached hydrogen (secondary N) is 1. The Bertz CT molecular complexity index is 575. The van der Waals surface area contributed by atoms with Gasteiger partial charge in [-0.2, -0.15) is 0 Å². The van der Waals surface area contributed by atoms with E-state index in [1.165, 1.54) is 4.90 Å². The number of urea groups is 1. The number of carbonyl (C=O) groups excluding carboxylic acids is 1. The van der Waals surface area contributed by atoms with Crippen LogP contribution in [-0.2, 0) is 0 Å². The van der Waals surface area contributed by atoms with Crippen LogP contribution in [0.3, 0.4) is 0 Å². The molecule has 0 saturated heterocycles. The smallest absolute Gasteiger partial charge is 0.327 e. The highest BCUT2D eigenvalue weighted by Gasteiger charge is 2.14. The predicted molar refractivity (Wildman–Crippen MR) is 86.6 cm³/mol. The molecule has 1 aliphatic rings. The number of hydrogen-bond acceptors (Lipinski definition) is 4. The van der Waals surface area contributed by atoms with Gasteiger partial charge < -0.3 is 15.2 Å². The molecule has 0 spiro atoms. The van der Waals surface area contributed by atoms with E-state index in [2.05, 4.69) is 10.3 Å². The van der Waals surface area contributed by atoms with E-state index < -0.39 is 0 Å². The molecule has 1 heterocycles. The van der Waals surface area contributed by atoms with E-state index in [1.807, 2.05) is 0 Å². The highest BCUT2D eigenvalue weighted by Crippen LogP contribution is 2.28. The first-order chi connectivity index (χ1) is 10.7. The molecule has 2 N–H and O–H groups in total. The minimum Gasteiger partial charge on any atom is -0.491 e. The van der Waals surface area contributed by atoms with Crippen molar-refractivity contribution in [3.63, 3.8) is 0 Å². The number of aliphatic imine (C=N–C) groups is 1. The SMILES string of the molecule is O=C(Nc1cc(Cl)ccc1OCCCCO)N1C=CC=NC1. The zero-order chi connectivity index (χ0) is 15.8. The third kappa shape index (κ3) is 4.75. The van der Waals surface area contributed by atoms with Crippen molar-refractivity contribution in [3.8, 4) is 5.75 Å². The van der Waals surface area contributed by atoms with Gasteiger partial charge in [0.15, 0.2) is 0 Å². The molecule has 0 aliphatic carbocycles. The summed E-state index contributed by atoms with van der Waals surface area (Å²) in [7, 11) is 0. The molecule has 22 heavy (non-hydrogen) atoms. The van der Waals surface area contributed by atoms with Crippen LogP contribution < -0.4 is 10.1 Å². The van der Waals surface area contributed by atoms with Gasteiger partial charge in [0, 0.05) is 24.0 Å². The minimum atomic E-state index is -0.310. The lowest BCUT2D eigenvalue weighted by molar-refractivity contribution is 0.229. The number of unbranched alkanes of at least 4 members (excludes halogenated alkanes) is 1. The zero-order valence-corrected chi connectivity index (χ0v) is 12.8. The van der Waals surface area contributed by atoms with Crippen LogP contribution in [0.1, 0.15) is 12.8 Å². The summed E-state index contributed by atoms with van der Waals surface area (Å²) in [5, 5.41) is 12.0. The van der Waals surface area contributed by atoms with Gasteiger partial charge in [-0.3, -0.25) is 9.89 Å². The Hall–Kier alpha value is -2.05. The van der Waals surface area contributed by atoms with Crippen molar-refractivity contribution in [3.05, 3.63) is 35.5 Å². The maximum Gasteiger partial charge on any atom is 0.327 e. The van der Waals surface area contributed by atoms with E-state index >= 15 is 0 Å². The van der Waals surface area contributed by atoms with Crippen molar-refractivity contribution in [1.29, 1.82) is 0 Å². The Morgan fingerprint density at radius 3 is 3.05 bits per heavy atom. The molecule has 1 aromatic rings. The number of allylic oxidation sites excluding steroid dienone is 1. The average Bonchev–Trinajstić information content (AvgIpc) is 2.54. The Morgan fingerprint density at radius 1 is 1.45 bits per heavy atom. The van der Waals surface area contributed by atoms with E-state index in [1.54, 1.807) is 36.7 Å². The molecule has 7 heteroatoms. The second-order valence-electron chi connectivity index (χ2n) is 4.63. The molecule has 1 aliphatic heterocycles. The van der Waals surface area contributed by atoms with Gasteiger partial charge >= 0.3 is 6.03 Å². The van der Waals surface area contributed by atoms with E-state index in [0.29, 0.717) is 29.5 Å². The van der Waals surface area contributed by atoms with Crippen LogP contribution in [0.4, 0.5) is 10.5 Å². The van der Waals surface area contributed by atoms with Gasteiger partial charge in [-0.25, -0.2) is 4.79 Å². The Balaban J connectivity index is 2.01. The number of amides is 2. The van der Waals surface area contributed by atoms with Crippen LogP contribution >= 0.6 is 11.6 Å². The molecule has 0 aromatic heterocycles. The van der Waals surface area contributed by atoms with Gasteiger partial charge in [0.05, 0.1) is 12.3 Å². The fourth-order valence-corrected chi connectivity index (χ4v) is 2.00. The van der Waals surface area contributed by atoms with Crippen molar-refractivity contribution in [1.82, 2.24) is 4.90 Å². The van der Waals surface area contributed by atoms with E-state index in [9.17, 15) is 4.79 Å². The quantitative estimate of drug-likeness (QED) is 0.790. The van der Waals surface area contributed by atoms with Gasteiger partial charge in [0.1, 0.15) is 12.4 Å². The van der Waals surface area contributed by atoms with Crippen molar-refractivity contribution < 1.29 is 14.6 Å². The Labute approximate surface area is 134 Å². The number of halogens is 1. The lowest BCUT2D eigenvalue weighted by atomic mass is 10.3. The number of rotatable bonds is 6. The number of benzene rings is 1. The molecular formula is C15H18ClN3O3. The molecule has 0 bridgehead atoms. The van der Waals surface area contributed by atoms with E-state index in [0.717, 1.165) is 6.42 Å². The van der Waals surface area contributed by atoms with Crippen LogP contribution in [0.25, 0.3) is 0 Å². The second-order valence-corrected chi connectivity index (χ2v) is 5.07. The third-order valence-electron chi connectivity index (χ3n) is 2.95. The molecule has 0 radical (unpaired) electrons. The number of aliphatic hydroxyl groups excluding tert-OH is 1. The molecule has 0 fully saturated rings. The van der Waals surface area contributed by atoms with Crippen LogP contribution in [0.15, 0.2) is 35.5 Å².